The van der Waals surface area contributed by atoms with E-state index in [1.54, 1.807) is 12.1 Å². The number of benzene rings is 1. The van der Waals surface area contributed by atoms with Gasteiger partial charge in [0.25, 0.3) is 0 Å². The molecule has 0 amide bonds. The van der Waals surface area contributed by atoms with E-state index >= 15 is 0 Å². The highest BCUT2D eigenvalue weighted by atomic mass is 16.5. The molecule has 5 nitrogen and oxygen atoms in total. The Hall–Kier alpha value is -1.88. The molecular weight excluding hydrogens is 320 g/mol. The van der Waals surface area contributed by atoms with Crippen molar-refractivity contribution in [2.75, 3.05) is 13.2 Å². The number of hydrogen-bond donors (Lipinski definition) is 1. The first-order valence-electron chi connectivity index (χ1n) is 8.53. The molecule has 0 saturated heterocycles. The first-order chi connectivity index (χ1) is 11.5. The predicted octanol–water partition coefficient (Wildman–Crippen LogP) is 4.08. The van der Waals surface area contributed by atoms with Gasteiger partial charge in [-0.15, -0.1) is 0 Å². The molecule has 1 aromatic carbocycles. The largest absolute Gasteiger partial charge is 0.465 e. The number of esters is 2. The third kappa shape index (κ3) is 8.68. The zero-order chi connectivity index (χ0) is 17.9. The number of carbonyl (C=O) groups is 2. The highest BCUT2D eigenvalue weighted by molar-refractivity contribution is 5.72. The quantitative estimate of drug-likeness (QED) is 0.390. The smallest absolute Gasteiger partial charge is 0.308 e. The molecule has 1 N–H and O–H groups in total. The van der Waals surface area contributed by atoms with E-state index in [-0.39, 0.29) is 37.8 Å². The minimum absolute atomic E-state index is 0. The third-order valence-corrected chi connectivity index (χ3v) is 3.97. The van der Waals surface area contributed by atoms with E-state index in [1.165, 1.54) is 6.92 Å². The fourth-order valence-corrected chi connectivity index (χ4v) is 2.53. The molecule has 0 radical (unpaired) electrons. The average molecular weight is 352 g/mol. The van der Waals surface area contributed by atoms with Crippen molar-refractivity contribution in [2.24, 2.45) is 5.92 Å². The molecule has 2 atom stereocenters. The van der Waals surface area contributed by atoms with Gasteiger partial charge in [0, 0.05) is 13.5 Å². The zero-order valence-corrected chi connectivity index (χ0v) is 14.8. The van der Waals surface area contributed by atoms with E-state index in [0.717, 1.165) is 12.0 Å². The van der Waals surface area contributed by atoms with Gasteiger partial charge in [-0.05, 0) is 49.3 Å². The van der Waals surface area contributed by atoms with Crippen LogP contribution in [0.4, 0.5) is 0 Å². The second-order valence-electron chi connectivity index (χ2n) is 6.00. The summed E-state index contributed by atoms with van der Waals surface area (Å²) in [6, 6.07) is 7.37. The van der Waals surface area contributed by atoms with Crippen LogP contribution in [-0.2, 0) is 14.3 Å². The summed E-state index contributed by atoms with van der Waals surface area (Å²) in [6.45, 7) is 5.91. The van der Waals surface area contributed by atoms with Crippen LogP contribution in [-0.4, -0.2) is 30.3 Å². The first-order valence-corrected chi connectivity index (χ1v) is 8.53. The van der Waals surface area contributed by atoms with Gasteiger partial charge in [-0.3, -0.25) is 9.59 Å². The topological polar surface area (TPSA) is 72.8 Å². The van der Waals surface area contributed by atoms with Crippen LogP contribution < -0.4 is 4.74 Å². The van der Waals surface area contributed by atoms with Gasteiger partial charge in [0.15, 0.2) is 0 Å². The lowest BCUT2D eigenvalue weighted by Crippen LogP contribution is -2.19. The van der Waals surface area contributed by atoms with Crippen molar-refractivity contribution in [3.63, 3.8) is 0 Å². The van der Waals surface area contributed by atoms with Gasteiger partial charge in [0.1, 0.15) is 5.75 Å². The third-order valence-electron chi connectivity index (χ3n) is 3.97. The van der Waals surface area contributed by atoms with Gasteiger partial charge in [-0.25, -0.2) is 0 Å². The maximum absolute atomic E-state index is 12.1. The predicted molar refractivity (Wildman–Crippen MR) is 98.6 cm³/mol. The average Bonchev–Trinajstić information content (AvgIpc) is 2.56. The molecule has 0 aliphatic heterocycles. The van der Waals surface area contributed by atoms with Gasteiger partial charge in [0.2, 0.25) is 0 Å². The maximum atomic E-state index is 12.1. The van der Waals surface area contributed by atoms with Crippen LogP contribution >= 0.6 is 0 Å². The van der Waals surface area contributed by atoms with Crippen LogP contribution in [0.1, 0.15) is 65.4 Å². The molecular formula is C20H32O5. The molecule has 142 valence electrons. The Balaban J connectivity index is 0.00000576. The van der Waals surface area contributed by atoms with E-state index < -0.39 is 0 Å². The van der Waals surface area contributed by atoms with Crippen LogP contribution in [0.2, 0.25) is 0 Å². The molecule has 0 saturated carbocycles. The molecule has 0 aliphatic rings. The minimum Gasteiger partial charge on any atom is -0.465 e. The molecule has 2 unspecified atom stereocenters. The molecule has 0 heterocycles. The van der Waals surface area contributed by atoms with Gasteiger partial charge in [-0.2, -0.15) is 0 Å². The van der Waals surface area contributed by atoms with E-state index in [4.69, 9.17) is 14.6 Å². The van der Waals surface area contributed by atoms with E-state index in [2.05, 4.69) is 6.92 Å². The van der Waals surface area contributed by atoms with Gasteiger partial charge < -0.3 is 14.6 Å². The van der Waals surface area contributed by atoms with Crippen LogP contribution in [0.15, 0.2) is 24.3 Å². The number of aliphatic hydroxyl groups is 1. The second-order valence-corrected chi connectivity index (χ2v) is 6.00. The number of rotatable bonds is 10. The summed E-state index contributed by atoms with van der Waals surface area (Å²) in [7, 11) is 0. The van der Waals surface area contributed by atoms with Crippen LogP contribution in [0.5, 0.6) is 5.75 Å². The van der Waals surface area contributed by atoms with Crippen LogP contribution in [0, 0.1) is 5.92 Å². The van der Waals surface area contributed by atoms with E-state index in [1.807, 2.05) is 19.1 Å². The Morgan fingerprint density at radius 3 is 2.32 bits per heavy atom. The lowest BCUT2D eigenvalue weighted by atomic mass is 9.89. The van der Waals surface area contributed by atoms with Crippen molar-refractivity contribution in [3.05, 3.63) is 29.8 Å². The maximum Gasteiger partial charge on any atom is 0.308 e. The first kappa shape index (κ1) is 23.1. The Bertz CT molecular complexity index is 509. The van der Waals surface area contributed by atoms with Crippen molar-refractivity contribution >= 4 is 11.9 Å². The molecule has 0 fully saturated rings. The number of ether oxygens (including phenoxy) is 2. The summed E-state index contributed by atoms with van der Waals surface area (Å²) in [5.41, 5.74) is 1.09. The molecule has 25 heavy (non-hydrogen) atoms. The zero-order valence-electron chi connectivity index (χ0n) is 14.8. The summed E-state index contributed by atoms with van der Waals surface area (Å²) in [5.74, 6) is 0.0759. The Morgan fingerprint density at radius 1 is 1.16 bits per heavy atom. The highest BCUT2D eigenvalue weighted by Gasteiger charge is 2.21. The van der Waals surface area contributed by atoms with Crippen molar-refractivity contribution in [2.45, 2.75) is 59.8 Å². The number of aliphatic hydroxyl groups excluding tert-OH is 1. The lowest BCUT2D eigenvalue weighted by Gasteiger charge is -2.19. The van der Waals surface area contributed by atoms with Crippen molar-refractivity contribution in [3.8, 4) is 5.75 Å². The molecule has 0 aromatic heterocycles. The highest BCUT2D eigenvalue weighted by Crippen LogP contribution is 2.27. The Morgan fingerprint density at radius 2 is 1.80 bits per heavy atom. The molecule has 0 spiro atoms. The van der Waals surface area contributed by atoms with E-state index in [9.17, 15) is 9.59 Å². The van der Waals surface area contributed by atoms with Gasteiger partial charge in [0.05, 0.1) is 12.5 Å². The Kier molecular flexibility index (Phi) is 11.5. The molecule has 5 heteroatoms. The normalized spacial score (nSPS) is 12.6. The molecule has 1 aromatic rings. The van der Waals surface area contributed by atoms with Crippen LogP contribution in [0.3, 0.4) is 0 Å². The lowest BCUT2D eigenvalue weighted by molar-refractivity contribution is -0.149. The minimum atomic E-state index is -0.342. The summed E-state index contributed by atoms with van der Waals surface area (Å²) in [6.07, 6.45) is 2.78. The van der Waals surface area contributed by atoms with Gasteiger partial charge >= 0.3 is 11.9 Å². The van der Waals surface area contributed by atoms with Crippen molar-refractivity contribution in [1.29, 1.82) is 0 Å². The van der Waals surface area contributed by atoms with E-state index in [0.29, 0.717) is 31.6 Å². The number of unbranched alkanes of at least 4 members (excludes halogenated alkanes) is 1. The van der Waals surface area contributed by atoms with Crippen LogP contribution in [0.25, 0.3) is 0 Å². The molecule has 0 bridgehead atoms. The summed E-state index contributed by atoms with van der Waals surface area (Å²) in [5, 5.41) is 8.73. The number of carbonyl (C=O) groups excluding carboxylic acids is 2. The molecule has 1 rings (SSSR count). The monoisotopic (exact) mass is 352 g/mol. The SMILES string of the molecule is C.CCC(CC(C)c1ccc(OC(C)=O)cc1)C(=O)OCCCCO. The number of hydrogen-bond acceptors (Lipinski definition) is 5. The molecule has 0 aliphatic carbocycles. The second kappa shape index (κ2) is 12.5. The van der Waals surface area contributed by atoms with Gasteiger partial charge in [-0.1, -0.05) is 33.4 Å². The summed E-state index contributed by atoms with van der Waals surface area (Å²) < 4.78 is 10.3. The van der Waals surface area contributed by atoms with Crippen molar-refractivity contribution in [1.82, 2.24) is 0 Å². The Labute approximate surface area is 151 Å². The fraction of sp³-hybridized carbons (Fsp3) is 0.600. The summed E-state index contributed by atoms with van der Waals surface area (Å²) in [4.78, 5) is 23.1. The summed E-state index contributed by atoms with van der Waals surface area (Å²) >= 11 is 0. The fourth-order valence-electron chi connectivity index (χ4n) is 2.53. The standard InChI is InChI=1S/C19H28O5.CH4/c1-4-16(19(22)23-12-6-5-11-20)13-14(2)17-7-9-18(10-8-17)24-15(3)21;/h7-10,14,16,20H,4-6,11-13H2,1-3H3;1H4. The van der Waals surface area contributed by atoms with Crippen molar-refractivity contribution < 1.29 is 24.2 Å².